The Kier molecular flexibility index (Phi) is 10.2. The Bertz CT molecular complexity index is 628. The molecule has 27 heavy (non-hydrogen) atoms. The summed E-state index contributed by atoms with van der Waals surface area (Å²) in [6.07, 6.45) is 4.88. The molecule has 0 aromatic heterocycles. The molecule has 0 radical (unpaired) electrons. The van der Waals surface area contributed by atoms with Crippen LogP contribution in [-0.2, 0) is 11.3 Å². The quantitative estimate of drug-likeness (QED) is 0.434. The third kappa shape index (κ3) is 8.83. The van der Waals surface area contributed by atoms with Crippen LogP contribution in [0.15, 0.2) is 48.5 Å². The van der Waals surface area contributed by atoms with Gasteiger partial charge in [0.1, 0.15) is 18.1 Å². The molecule has 4 heteroatoms. The van der Waals surface area contributed by atoms with Crippen LogP contribution in [0.3, 0.4) is 0 Å². The van der Waals surface area contributed by atoms with Gasteiger partial charge in [-0.25, -0.2) is 0 Å². The van der Waals surface area contributed by atoms with Crippen molar-refractivity contribution in [3.63, 3.8) is 0 Å². The van der Waals surface area contributed by atoms with Crippen LogP contribution in [0.1, 0.15) is 45.1 Å². The second-order valence-electron chi connectivity index (χ2n) is 6.48. The molecular formula is C23H33NO3. The molecule has 4 nitrogen and oxygen atoms in total. The maximum absolute atomic E-state index is 5.85. The van der Waals surface area contributed by atoms with Crippen molar-refractivity contribution in [2.24, 2.45) is 0 Å². The molecule has 0 fully saturated rings. The molecule has 0 amide bonds. The average molecular weight is 372 g/mol. The fourth-order valence-corrected chi connectivity index (χ4v) is 2.69. The summed E-state index contributed by atoms with van der Waals surface area (Å²) in [5.41, 5.74) is 2.27. The zero-order valence-corrected chi connectivity index (χ0v) is 16.7. The summed E-state index contributed by atoms with van der Waals surface area (Å²) in [5, 5.41) is 3.45. The minimum Gasteiger partial charge on any atom is -0.494 e. The maximum atomic E-state index is 5.85. The lowest BCUT2D eigenvalue weighted by Crippen LogP contribution is -2.06. The van der Waals surface area contributed by atoms with Crippen molar-refractivity contribution < 1.29 is 14.2 Å². The third-order valence-electron chi connectivity index (χ3n) is 4.22. The Morgan fingerprint density at radius 1 is 0.778 bits per heavy atom. The number of unbranched alkanes of at least 4 members (excludes halogenated alkanes) is 3. The third-order valence-corrected chi connectivity index (χ3v) is 4.22. The molecule has 0 spiro atoms. The number of hydrogen-bond donors (Lipinski definition) is 1. The van der Waals surface area contributed by atoms with Crippen LogP contribution in [0.2, 0.25) is 0 Å². The van der Waals surface area contributed by atoms with Crippen LogP contribution in [0, 0.1) is 0 Å². The lowest BCUT2D eigenvalue weighted by molar-refractivity contribution is 0.110. The monoisotopic (exact) mass is 371 g/mol. The van der Waals surface area contributed by atoms with Crippen molar-refractivity contribution in [2.45, 2.75) is 46.1 Å². The summed E-state index contributed by atoms with van der Waals surface area (Å²) in [5.74, 6) is 1.80. The number of hydrogen-bond acceptors (Lipinski definition) is 4. The van der Waals surface area contributed by atoms with E-state index in [1.165, 1.54) is 24.8 Å². The zero-order valence-electron chi connectivity index (χ0n) is 16.7. The molecule has 0 aliphatic heterocycles. The van der Waals surface area contributed by atoms with Gasteiger partial charge in [-0.05, 0) is 43.2 Å². The first-order valence-corrected chi connectivity index (χ1v) is 10.1. The zero-order chi connectivity index (χ0) is 19.2. The van der Waals surface area contributed by atoms with Crippen LogP contribution in [0.5, 0.6) is 11.5 Å². The molecule has 0 atom stereocenters. The van der Waals surface area contributed by atoms with E-state index in [1.807, 2.05) is 31.2 Å². The summed E-state index contributed by atoms with van der Waals surface area (Å²) < 4.78 is 16.8. The smallest absolute Gasteiger partial charge is 0.121 e. The molecule has 0 unspecified atom stereocenters. The lowest BCUT2D eigenvalue weighted by Gasteiger charge is -2.11. The molecule has 0 bridgehead atoms. The topological polar surface area (TPSA) is 39.7 Å². The first kappa shape index (κ1) is 21.1. The second kappa shape index (κ2) is 13.0. The second-order valence-corrected chi connectivity index (χ2v) is 6.48. The molecule has 0 saturated heterocycles. The van der Waals surface area contributed by atoms with E-state index in [1.54, 1.807) is 0 Å². The number of nitrogens with one attached hydrogen (secondary N) is 1. The van der Waals surface area contributed by atoms with Gasteiger partial charge in [-0.15, -0.1) is 0 Å². The van der Waals surface area contributed by atoms with E-state index in [2.05, 4.69) is 36.5 Å². The number of rotatable bonds is 14. The Balaban J connectivity index is 1.73. The van der Waals surface area contributed by atoms with E-state index in [0.29, 0.717) is 13.2 Å². The standard InChI is InChI=1S/C23H33NO3/c1-3-5-6-7-15-26-23-10-8-9-21(18-23)24-19-20-11-13-22(14-12-20)27-17-16-25-4-2/h8-14,18,24H,3-7,15-17,19H2,1-2H3. The highest BCUT2D eigenvalue weighted by atomic mass is 16.5. The van der Waals surface area contributed by atoms with Crippen LogP contribution in [0.4, 0.5) is 5.69 Å². The van der Waals surface area contributed by atoms with Crippen LogP contribution < -0.4 is 14.8 Å². The van der Waals surface area contributed by atoms with Crippen LogP contribution in [0.25, 0.3) is 0 Å². The first-order chi connectivity index (χ1) is 13.3. The molecule has 2 aromatic carbocycles. The average Bonchev–Trinajstić information content (AvgIpc) is 2.71. The van der Waals surface area contributed by atoms with Gasteiger partial charge < -0.3 is 19.5 Å². The Hall–Kier alpha value is -2.20. The number of ether oxygens (including phenoxy) is 3. The first-order valence-electron chi connectivity index (χ1n) is 10.1. The minimum absolute atomic E-state index is 0.580. The highest BCUT2D eigenvalue weighted by Gasteiger charge is 1.99. The van der Waals surface area contributed by atoms with Crippen molar-refractivity contribution >= 4 is 5.69 Å². The summed E-state index contributed by atoms with van der Waals surface area (Å²) in [6, 6.07) is 16.3. The summed E-state index contributed by atoms with van der Waals surface area (Å²) in [6.45, 7) is 7.68. The van der Waals surface area contributed by atoms with E-state index >= 15 is 0 Å². The molecule has 2 aromatic rings. The molecule has 1 N–H and O–H groups in total. The van der Waals surface area contributed by atoms with E-state index in [-0.39, 0.29) is 0 Å². The van der Waals surface area contributed by atoms with E-state index < -0.39 is 0 Å². The lowest BCUT2D eigenvalue weighted by atomic mass is 10.2. The van der Waals surface area contributed by atoms with Gasteiger partial charge in [-0.3, -0.25) is 0 Å². The molecule has 0 aliphatic rings. The largest absolute Gasteiger partial charge is 0.494 e. The highest BCUT2D eigenvalue weighted by molar-refractivity contribution is 5.48. The molecule has 0 heterocycles. The Labute approximate surface area is 163 Å². The fourth-order valence-electron chi connectivity index (χ4n) is 2.69. The van der Waals surface area contributed by atoms with Crippen molar-refractivity contribution in [1.29, 1.82) is 0 Å². The molecule has 0 aliphatic carbocycles. The van der Waals surface area contributed by atoms with Crippen molar-refractivity contribution in [2.75, 3.05) is 31.7 Å². The van der Waals surface area contributed by atoms with Crippen LogP contribution >= 0.6 is 0 Å². The van der Waals surface area contributed by atoms with Gasteiger partial charge in [-0.1, -0.05) is 44.4 Å². The van der Waals surface area contributed by atoms with Gasteiger partial charge in [0.2, 0.25) is 0 Å². The van der Waals surface area contributed by atoms with Crippen molar-refractivity contribution in [1.82, 2.24) is 0 Å². The number of anilines is 1. The van der Waals surface area contributed by atoms with Gasteiger partial charge >= 0.3 is 0 Å². The van der Waals surface area contributed by atoms with Gasteiger partial charge in [0.05, 0.1) is 13.2 Å². The van der Waals surface area contributed by atoms with E-state index in [9.17, 15) is 0 Å². The van der Waals surface area contributed by atoms with Crippen molar-refractivity contribution in [3.8, 4) is 11.5 Å². The molecule has 0 saturated carbocycles. The predicted octanol–water partition coefficient (Wildman–Crippen LogP) is 5.67. The normalized spacial score (nSPS) is 10.6. The summed E-state index contributed by atoms with van der Waals surface area (Å²) in [4.78, 5) is 0. The highest BCUT2D eigenvalue weighted by Crippen LogP contribution is 2.19. The SMILES string of the molecule is CCCCCCOc1cccc(NCc2ccc(OCCOCC)cc2)c1. The van der Waals surface area contributed by atoms with E-state index in [4.69, 9.17) is 14.2 Å². The van der Waals surface area contributed by atoms with Gasteiger partial charge in [0.15, 0.2) is 0 Å². The maximum Gasteiger partial charge on any atom is 0.121 e. The fraction of sp³-hybridized carbons (Fsp3) is 0.478. The van der Waals surface area contributed by atoms with Gasteiger partial charge in [-0.2, -0.15) is 0 Å². The van der Waals surface area contributed by atoms with Crippen molar-refractivity contribution in [3.05, 3.63) is 54.1 Å². The van der Waals surface area contributed by atoms with E-state index in [0.717, 1.165) is 43.4 Å². The molecule has 148 valence electrons. The Morgan fingerprint density at radius 2 is 1.59 bits per heavy atom. The minimum atomic E-state index is 0.580. The Morgan fingerprint density at radius 3 is 2.37 bits per heavy atom. The molecular weight excluding hydrogens is 338 g/mol. The van der Waals surface area contributed by atoms with Gasteiger partial charge in [0.25, 0.3) is 0 Å². The van der Waals surface area contributed by atoms with Crippen LogP contribution in [-0.4, -0.2) is 26.4 Å². The number of benzene rings is 2. The summed E-state index contributed by atoms with van der Waals surface area (Å²) >= 11 is 0. The molecule has 2 rings (SSSR count). The van der Waals surface area contributed by atoms with Gasteiger partial charge in [0, 0.05) is 24.9 Å². The predicted molar refractivity (Wildman–Crippen MR) is 112 cm³/mol. The summed E-state index contributed by atoms with van der Waals surface area (Å²) in [7, 11) is 0.